The van der Waals surface area contributed by atoms with Crippen molar-refractivity contribution in [3.8, 4) is 5.75 Å². The second-order valence-corrected chi connectivity index (χ2v) is 6.00. The number of halogens is 1. The van der Waals surface area contributed by atoms with E-state index in [9.17, 15) is 5.11 Å². The first kappa shape index (κ1) is 15.5. The van der Waals surface area contributed by atoms with E-state index in [0.29, 0.717) is 6.61 Å². The molecule has 1 rings (SSSR count). The van der Waals surface area contributed by atoms with Gasteiger partial charge in [-0.05, 0) is 38.1 Å². The van der Waals surface area contributed by atoms with Crippen molar-refractivity contribution in [1.29, 1.82) is 0 Å². The van der Waals surface area contributed by atoms with E-state index in [1.165, 1.54) is 0 Å². The average Bonchev–Trinajstić information content (AvgIpc) is 2.28. The van der Waals surface area contributed by atoms with Gasteiger partial charge in [-0.25, -0.2) is 0 Å². The molecule has 0 bridgehead atoms. The normalized spacial score (nSPS) is 14.6. The van der Waals surface area contributed by atoms with Gasteiger partial charge in [0, 0.05) is 16.6 Å². The van der Waals surface area contributed by atoms with Gasteiger partial charge >= 0.3 is 0 Å². The molecular formula is C14H22BrNO2. The minimum atomic E-state index is -0.815. The SMILES string of the molecule is CNCc1cc(Br)ccc1OCC(C)(O)C(C)C. The minimum absolute atomic E-state index is 0.153. The van der Waals surface area contributed by atoms with Crippen LogP contribution in [0.25, 0.3) is 0 Å². The Hall–Kier alpha value is -0.580. The fraction of sp³-hybridized carbons (Fsp3) is 0.571. The maximum Gasteiger partial charge on any atom is 0.124 e. The smallest absolute Gasteiger partial charge is 0.124 e. The standard InChI is InChI=1S/C14H22BrNO2/c1-10(2)14(3,17)9-18-13-6-5-12(15)7-11(13)8-16-4/h5-7,10,16-17H,8-9H2,1-4H3. The second kappa shape index (κ2) is 6.55. The molecule has 0 amide bonds. The van der Waals surface area contributed by atoms with Crippen LogP contribution in [-0.4, -0.2) is 24.4 Å². The summed E-state index contributed by atoms with van der Waals surface area (Å²) in [5, 5.41) is 13.3. The molecule has 102 valence electrons. The van der Waals surface area contributed by atoms with Gasteiger partial charge in [0.1, 0.15) is 12.4 Å². The predicted molar refractivity (Wildman–Crippen MR) is 77.9 cm³/mol. The summed E-state index contributed by atoms with van der Waals surface area (Å²) in [6, 6.07) is 5.89. The summed E-state index contributed by atoms with van der Waals surface area (Å²) < 4.78 is 6.78. The van der Waals surface area contributed by atoms with Crippen LogP contribution < -0.4 is 10.1 Å². The summed E-state index contributed by atoms with van der Waals surface area (Å²) in [5.41, 5.74) is 0.260. The highest BCUT2D eigenvalue weighted by atomic mass is 79.9. The molecule has 1 atom stereocenters. The number of nitrogens with one attached hydrogen (secondary N) is 1. The Morgan fingerprint density at radius 2 is 2.11 bits per heavy atom. The van der Waals surface area contributed by atoms with Crippen molar-refractivity contribution in [1.82, 2.24) is 5.32 Å². The summed E-state index contributed by atoms with van der Waals surface area (Å²) >= 11 is 3.45. The lowest BCUT2D eigenvalue weighted by Gasteiger charge is -2.28. The van der Waals surface area contributed by atoms with Gasteiger partial charge in [-0.3, -0.25) is 0 Å². The maximum absolute atomic E-state index is 10.2. The number of benzene rings is 1. The molecule has 0 aromatic heterocycles. The first-order valence-electron chi connectivity index (χ1n) is 6.15. The molecule has 18 heavy (non-hydrogen) atoms. The van der Waals surface area contributed by atoms with Crippen LogP contribution in [0.15, 0.2) is 22.7 Å². The zero-order chi connectivity index (χ0) is 13.8. The summed E-state index contributed by atoms with van der Waals surface area (Å²) in [7, 11) is 1.90. The first-order valence-corrected chi connectivity index (χ1v) is 6.94. The monoisotopic (exact) mass is 315 g/mol. The van der Waals surface area contributed by atoms with Crippen molar-refractivity contribution in [2.24, 2.45) is 5.92 Å². The number of rotatable bonds is 6. The Labute approximate surface area is 118 Å². The first-order chi connectivity index (χ1) is 8.36. The van der Waals surface area contributed by atoms with Gasteiger partial charge in [0.25, 0.3) is 0 Å². The quantitative estimate of drug-likeness (QED) is 0.848. The molecule has 1 aromatic carbocycles. The zero-order valence-corrected chi connectivity index (χ0v) is 13.0. The third kappa shape index (κ3) is 4.26. The van der Waals surface area contributed by atoms with E-state index in [1.54, 1.807) is 6.92 Å². The van der Waals surface area contributed by atoms with Crippen LogP contribution in [0.4, 0.5) is 0 Å². The van der Waals surface area contributed by atoms with Gasteiger partial charge in [-0.15, -0.1) is 0 Å². The number of hydrogen-bond acceptors (Lipinski definition) is 3. The van der Waals surface area contributed by atoms with Crippen LogP contribution in [-0.2, 0) is 6.54 Å². The summed E-state index contributed by atoms with van der Waals surface area (Å²) in [6.07, 6.45) is 0. The van der Waals surface area contributed by atoms with Crippen molar-refractivity contribution in [2.75, 3.05) is 13.7 Å². The highest BCUT2D eigenvalue weighted by Gasteiger charge is 2.26. The van der Waals surface area contributed by atoms with Gasteiger partial charge in [-0.1, -0.05) is 29.8 Å². The largest absolute Gasteiger partial charge is 0.490 e. The molecule has 0 aliphatic carbocycles. The van der Waals surface area contributed by atoms with Gasteiger partial charge in [0.2, 0.25) is 0 Å². The summed E-state index contributed by atoms with van der Waals surface area (Å²) in [5.74, 6) is 0.967. The Bertz CT molecular complexity index is 391. The zero-order valence-electron chi connectivity index (χ0n) is 11.5. The molecule has 4 heteroatoms. The van der Waals surface area contributed by atoms with Gasteiger partial charge in [0.15, 0.2) is 0 Å². The van der Waals surface area contributed by atoms with Crippen LogP contribution >= 0.6 is 15.9 Å². The number of hydrogen-bond donors (Lipinski definition) is 2. The maximum atomic E-state index is 10.2. The van der Waals surface area contributed by atoms with Gasteiger partial charge in [0.05, 0.1) is 5.60 Å². The molecule has 0 spiro atoms. The molecule has 3 nitrogen and oxygen atoms in total. The van der Waals surface area contributed by atoms with Crippen LogP contribution in [0.3, 0.4) is 0 Å². The van der Waals surface area contributed by atoms with Crippen LogP contribution in [0.5, 0.6) is 5.75 Å². The summed E-state index contributed by atoms with van der Waals surface area (Å²) in [4.78, 5) is 0. The fourth-order valence-corrected chi connectivity index (χ4v) is 1.82. The molecule has 1 unspecified atom stereocenters. The van der Waals surface area contributed by atoms with Crippen molar-refractivity contribution < 1.29 is 9.84 Å². The van der Waals surface area contributed by atoms with E-state index in [0.717, 1.165) is 22.3 Å². The van der Waals surface area contributed by atoms with Crippen molar-refractivity contribution in [3.63, 3.8) is 0 Å². The molecule has 0 aliphatic heterocycles. The molecule has 0 fully saturated rings. The third-order valence-electron chi connectivity index (χ3n) is 3.15. The van der Waals surface area contributed by atoms with E-state index in [4.69, 9.17) is 4.74 Å². The van der Waals surface area contributed by atoms with Crippen LogP contribution in [0.2, 0.25) is 0 Å². The van der Waals surface area contributed by atoms with E-state index in [-0.39, 0.29) is 5.92 Å². The summed E-state index contributed by atoms with van der Waals surface area (Å²) in [6.45, 7) is 6.80. The van der Waals surface area contributed by atoms with Crippen LogP contribution in [0.1, 0.15) is 26.3 Å². The second-order valence-electron chi connectivity index (χ2n) is 5.08. The molecule has 2 N–H and O–H groups in total. The molecule has 0 heterocycles. The Balaban J connectivity index is 2.78. The number of ether oxygens (including phenoxy) is 1. The van der Waals surface area contributed by atoms with Crippen molar-refractivity contribution in [2.45, 2.75) is 32.9 Å². The topological polar surface area (TPSA) is 41.5 Å². The lowest BCUT2D eigenvalue weighted by Crippen LogP contribution is -2.38. The van der Waals surface area contributed by atoms with Gasteiger partial charge in [-0.2, -0.15) is 0 Å². The number of aliphatic hydroxyl groups is 1. The minimum Gasteiger partial charge on any atom is -0.490 e. The fourth-order valence-electron chi connectivity index (χ4n) is 1.41. The van der Waals surface area contributed by atoms with E-state index in [1.807, 2.05) is 39.1 Å². The highest BCUT2D eigenvalue weighted by Crippen LogP contribution is 2.25. The van der Waals surface area contributed by atoms with Crippen LogP contribution in [0, 0.1) is 5.92 Å². The molecule has 0 saturated heterocycles. The Morgan fingerprint density at radius 3 is 2.67 bits per heavy atom. The molecule has 0 saturated carbocycles. The Morgan fingerprint density at radius 1 is 1.44 bits per heavy atom. The third-order valence-corrected chi connectivity index (χ3v) is 3.65. The van der Waals surface area contributed by atoms with Crippen molar-refractivity contribution >= 4 is 15.9 Å². The Kier molecular flexibility index (Phi) is 5.63. The lowest BCUT2D eigenvalue weighted by atomic mass is 9.94. The average molecular weight is 316 g/mol. The van der Waals surface area contributed by atoms with E-state index < -0.39 is 5.60 Å². The lowest BCUT2D eigenvalue weighted by molar-refractivity contribution is -0.0268. The molecule has 1 aromatic rings. The van der Waals surface area contributed by atoms with Crippen molar-refractivity contribution in [3.05, 3.63) is 28.2 Å². The molecular weight excluding hydrogens is 294 g/mol. The van der Waals surface area contributed by atoms with E-state index >= 15 is 0 Å². The predicted octanol–water partition coefficient (Wildman–Crippen LogP) is 2.95. The van der Waals surface area contributed by atoms with E-state index in [2.05, 4.69) is 21.2 Å². The molecule has 0 radical (unpaired) electrons. The van der Waals surface area contributed by atoms with Gasteiger partial charge < -0.3 is 15.2 Å². The molecule has 0 aliphatic rings. The highest BCUT2D eigenvalue weighted by molar-refractivity contribution is 9.10.